The summed E-state index contributed by atoms with van der Waals surface area (Å²) in [6.07, 6.45) is -0.721. The van der Waals surface area contributed by atoms with Crippen LogP contribution in [0.5, 0.6) is 0 Å². The lowest BCUT2D eigenvalue weighted by Gasteiger charge is -2.37. The van der Waals surface area contributed by atoms with Crippen molar-refractivity contribution >= 4 is 11.9 Å². The fraction of sp³-hybridized carbons (Fsp3) is 0.667. The maximum absolute atomic E-state index is 11.2. The van der Waals surface area contributed by atoms with Crippen molar-refractivity contribution in [1.29, 1.82) is 0 Å². The number of nitrogens with zero attached hydrogens (tertiary/aromatic N) is 2. The Hall–Kier alpha value is -1.14. The van der Waals surface area contributed by atoms with Crippen LogP contribution >= 0.6 is 0 Å². The van der Waals surface area contributed by atoms with Crippen molar-refractivity contribution in [3.63, 3.8) is 0 Å². The van der Waals surface area contributed by atoms with Crippen molar-refractivity contribution < 1.29 is 9.59 Å². The van der Waals surface area contributed by atoms with Gasteiger partial charge in [0.05, 0.1) is 0 Å². The molecule has 1 heterocycles. The van der Waals surface area contributed by atoms with Crippen LogP contribution in [-0.4, -0.2) is 48.0 Å². The minimum Gasteiger partial charge on any atom is -0.317 e. The average molecular weight is 172 g/mol. The van der Waals surface area contributed by atoms with Crippen molar-refractivity contribution in [2.24, 2.45) is 11.5 Å². The zero-order chi connectivity index (χ0) is 9.46. The first-order valence-electron chi connectivity index (χ1n) is 3.52. The van der Waals surface area contributed by atoms with Crippen molar-refractivity contribution in [2.45, 2.75) is 12.2 Å². The molecule has 6 heteroatoms. The van der Waals surface area contributed by atoms with E-state index in [2.05, 4.69) is 0 Å². The smallest absolute Gasteiger partial charge is 0.317 e. The van der Waals surface area contributed by atoms with Gasteiger partial charge in [-0.15, -0.1) is 0 Å². The number of nitrogens with two attached hydrogens (primary N) is 2. The van der Waals surface area contributed by atoms with E-state index in [-0.39, 0.29) is 0 Å². The number of carbonyl (C=O) groups excluding carboxylic acids is 2. The number of likely N-dealkylation sites (N-methyl/N-ethyl adjacent to an activating group) is 2. The Morgan fingerprint density at radius 3 is 2.25 bits per heavy atom. The summed E-state index contributed by atoms with van der Waals surface area (Å²) in [5, 5.41) is 0. The van der Waals surface area contributed by atoms with Crippen molar-refractivity contribution in [3.8, 4) is 0 Å². The Morgan fingerprint density at radius 2 is 1.75 bits per heavy atom. The number of urea groups is 1. The number of imide groups is 1. The third-order valence-corrected chi connectivity index (χ3v) is 2.02. The predicted molar refractivity (Wildman–Crippen MR) is 41.9 cm³/mol. The van der Waals surface area contributed by atoms with E-state index >= 15 is 0 Å². The second-order valence-corrected chi connectivity index (χ2v) is 2.81. The van der Waals surface area contributed by atoms with Crippen LogP contribution in [0.15, 0.2) is 0 Å². The summed E-state index contributed by atoms with van der Waals surface area (Å²) in [6.45, 7) is 0. The van der Waals surface area contributed by atoms with Gasteiger partial charge in [0.2, 0.25) is 0 Å². The van der Waals surface area contributed by atoms with E-state index in [1.54, 1.807) is 0 Å². The minimum absolute atomic E-state index is 0.422. The molecule has 0 unspecified atom stereocenters. The Labute approximate surface area is 70.1 Å². The number of hydrogen-bond acceptors (Lipinski definition) is 4. The van der Waals surface area contributed by atoms with E-state index in [1.165, 1.54) is 19.0 Å². The van der Waals surface area contributed by atoms with Gasteiger partial charge in [-0.05, 0) is 0 Å². The first-order chi connectivity index (χ1) is 5.46. The quantitative estimate of drug-likeness (QED) is 0.447. The van der Waals surface area contributed by atoms with Crippen molar-refractivity contribution in [1.82, 2.24) is 9.80 Å². The highest BCUT2D eigenvalue weighted by atomic mass is 16.2. The summed E-state index contributed by atoms with van der Waals surface area (Å²) >= 11 is 0. The van der Waals surface area contributed by atoms with Crippen molar-refractivity contribution in [3.05, 3.63) is 0 Å². The minimum atomic E-state index is -0.822. The molecule has 1 fully saturated rings. The molecule has 1 aliphatic heterocycles. The Balaban J connectivity index is 2.91. The summed E-state index contributed by atoms with van der Waals surface area (Å²) < 4.78 is 0. The van der Waals surface area contributed by atoms with Crippen LogP contribution in [0.4, 0.5) is 4.79 Å². The van der Waals surface area contributed by atoms with Crippen molar-refractivity contribution in [2.75, 3.05) is 14.1 Å². The maximum atomic E-state index is 11.2. The fourth-order valence-corrected chi connectivity index (χ4v) is 1.07. The molecule has 3 amide bonds. The van der Waals surface area contributed by atoms with Gasteiger partial charge >= 0.3 is 6.03 Å². The lowest BCUT2D eigenvalue weighted by atomic mass is 10.1. The van der Waals surface area contributed by atoms with Gasteiger partial charge in [0.25, 0.3) is 5.91 Å². The van der Waals surface area contributed by atoms with Crippen LogP contribution < -0.4 is 11.5 Å². The molecule has 68 valence electrons. The average Bonchev–Trinajstić information content (AvgIpc) is 2.08. The summed E-state index contributed by atoms with van der Waals surface area (Å²) in [7, 11) is 2.89. The standard InChI is InChI=1S/C6H12N4O2/c1-9-4(8)3(7)5(11)10(2)6(9)12/h3-4H,7-8H2,1-2H3/t3-,4+/m0/s1. The van der Waals surface area contributed by atoms with Gasteiger partial charge in [0, 0.05) is 14.1 Å². The number of carbonyl (C=O) groups is 2. The monoisotopic (exact) mass is 172 g/mol. The molecule has 0 aromatic carbocycles. The first-order valence-corrected chi connectivity index (χ1v) is 3.52. The highest BCUT2D eigenvalue weighted by Gasteiger charge is 2.38. The van der Waals surface area contributed by atoms with Crippen LogP contribution in [0.2, 0.25) is 0 Å². The van der Waals surface area contributed by atoms with Crippen LogP contribution in [-0.2, 0) is 4.79 Å². The van der Waals surface area contributed by atoms with E-state index in [9.17, 15) is 9.59 Å². The lowest BCUT2D eigenvalue weighted by Crippen LogP contribution is -2.67. The van der Waals surface area contributed by atoms with E-state index in [0.29, 0.717) is 0 Å². The topological polar surface area (TPSA) is 92.7 Å². The van der Waals surface area contributed by atoms with Gasteiger partial charge in [-0.1, -0.05) is 0 Å². The Kier molecular flexibility index (Phi) is 2.03. The highest BCUT2D eigenvalue weighted by molar-refractivity contribution is 5.99. The molecule has 0 aliphatic carbocycles. The van der Waals surface area contributed by atoms with Gasteiger partial charge in [0.1, 0.15) is 12.2 Å². The first kappa shape index (κ1) is 8.95. The third kappa shape index (κ3) is 1.05. The van der Waals surface area contributed by atoms with Gasteiger partial charge in [-0.2, -0.15) is 0 Å². The largest absolute Gasteiger partial charge is 0.327 e. The molecule has 0 spiro atoms. The zero-order valence-electron chi connectivity index (χ0n) is 7.02. The zero-order valence-corrected chi connectivity index (χ0v) is 7.02. The SMILES string of the molecule is CN1C(=O)[C@@H](N)[C@H](N)N(C)C1=O. The predicted octanol–water partition coefficient (Wildman–Crippen LogP) is -1.88. The summed E-state index contributed by atoms with van der Waals surface area (Å²) in [4.78, 5) is 24.6. The number of amides is 3. The second-order valence-electron chi connectivity index (χ2n) is 2.81. The van der Waals surface area contributed by atoms with Gasteiger partial charge < -0.3 is 16.4 Å². The number of hydrogen-bond donors (Lipinski definition) is 2. The van der Waals surface area contributed by atoms with Crippen LogP contribution in [0.1, 0.15) is 0 Å². The molecule has 2 atom stereocenters. The summed E-state index contributed by atoms with van der Waals surface area (Å²) in [6, 6.07) is -1.24. The van der Waals surface area contributed by atoms with Crippen LogP contribution in [0, 0.1) is 0 Å². The Bertz CT molecular complexity index is 208. The second kappa shape index (κ2) is 2.72. The fourth-order valence-electron chi connectivity index (χ4n) is 1.07. The third-order valence-electron chi connectivity index (χ3n) is 2.02. The maximum Gasteiger partial charge on any atom is 0.327 e. The molecular formula is C6H12N4O2. The molecule has 0 bridgehead atoms. The van der Waals surface area contributed by atoms with Gasteiger partial charge in [0.15, 0.2) is 0 Å². The highest BCUT2D eigenvalue weighted by Crippen LogP contribution is 2.08. The van der Waals surface area contributed by atoms with Gasteiger partial charge in [-0.3, -0.25) is 9.69 Å². The Morgan fingerprint density at radius 1 is 1.25 bits per heavy atom. The normalized spacial score (nSPS) is 31.3. The molecule has 4 N–H and O–H groups in total. The summed E-state index contributed by atoms with van der Waals surface area (Å²) in [5.41, 5.74) is 11.0. The van der Waals surface area contributed by atoms with Crippen LogP contribution in [0.25, 0.3) is 0 Å². The van der Waals surface area contributed by atoms with Crippen LogP contribution in [0.3, 0.4) is 0 Å². The number of rotatable bonds is 0. The van der Waals surface area contributed by atoms with Gasteiger partial charge in [-0.25, -0.2) is 4.79 Å². The summed E-state index contributed by atoms with van der Waals surface area (Å²) in [5.74, 6) is -0.439. The van der Waals surface area contributed by atoms with E-state index < -0.39 is 24.1 Å². The molecule has 0 aromatic heterocycles. The molecule has 1 aliphatic rings. The molecule has 0 radical (unpaired) electrons. The van der Waals surface area contributed by atoms with E-state index in [4.69, 9.17) is 11.5 Å². The molecule has 1 rings (SSSR count). The molecule has 0 aromatic rings. The van der Waals surface area contributed by atoms with E-state index in [1.807, 2.05) is 0 Å². The molecule has 12 heavy (non-hydrogen) atoms. The molecule has 6 nitrogen and oxygen atoms in total. The molecule has 1 saturated heterocycles. The molecule has 0 saturated carbocycles. The molecular weight excluding hydrogens is 160 g/mol. The lowest BCUT2D eigenvalue weighted by molar-refractivity contribution is -0.132. The van der Waals surface area contributed by atoms with E-state index in [0.717, 1.165) is 4.90 Å².